The SMILES string of the molecule is Cc1c([N+](=O)[O-])cc(NC(=O)CCn2cc([N+](=O)[O-])cn2)cc1[N+](=O)[O-]. The van der Waals surface area contributed by atoms with Crippen molar-refractivity contribution in [2.24, 2.45) is 0 Å². The molecule has 0 aliphatic carbocycles. The number of benzene rings is 1. The number of nitrogens with zero attached hydrogens (tertiary/aromatic N) is 5. The maximum atomic E-state index is 11.9. The smallest absolute Gasteiger partial charge is 0.306 e. The van der Waals surface area contributed by atoms with Crippen LogP contribution >= 0.6 is 0 Å². The Hall–Kier alpha value is -3.90. The molecule has 0 atom stereocenters. The minimum atomic E-state index is -0.777. The Morgan fingerprint density at radius 2 is 1.69 bits per heavy atom. The van der Waals surface area contributed by atoms with E-state index < -0.39 is 32.1 Å². The molecule has 2 aromatic rings. The lowest BCUT2D eigenvalue weighted by Crippen LogP contribution is -2.15. The minimum Gasteiger partial charge on any atom is -0.326 e. The molecule has 1 aromatic heterocycles. The van der Waals surface area contributed by atoms with Gasteiger partial charge in [0.05, 0.1) is 20.5 Å². The van der Waals surface area contributed by atoms with E-state index in [1.807, 2.05) is 0 Å². The molecule has 1 amide bonds. The summed E-state index contributed by atoms with van der Waals surface area (Å²) in [5.74, 6) is -0.587. The zero-order valence-corrected chi connectivity index (χ0v) is 13.3. The van der Waals surface area contributed by atoms with E-state index in [0.29, 0.717) is 0 Å². The maximum absolute atomic E-state index is 11.9. The van der Waals surface area contributed by atoms with Crippen molar-refractivity contribution in [3.63, 3.8) is 0 Å². The van der Waals surface area contributed by atoms with E-state index in [4.69, 9.17) is 0 Å². The fourth-order valence-electron chi connectivity index (χ4n) is 2.14. The second kappa shape index (κ2) is 7.33. The zero-order chi connectivity index (χ0) is 19.4. The number of nitro groups is 3. The van der Waals surface area contributed by atoms with E-state index in [9.17, 15) is 35.1 Å². The van der Waals surface area contributed by atoms with Gasteiger partial charge in [-0.15, -0.1) is 0 Å². The lowest BCUT2D eigenvalue weighted by Gasteiger charge is -2.07. The highest BCUT2D eigenvalue weighted by molar-refractivity contribution is 5.91. The number of hydrogen-bond acceptors (Lipinski definition) is 8. The lowest BCUT2D eigenvalue weighted by atomic mass is 10.1. The van der Waals surface area contributed by atoms with Crippen LogP contribution in [0.1, 0.15) is 12.0 Å². The molecule has 13 heteroatoms. The van der Waals surface area contributed by atoms with Crippen LogP contribution in [0.3, 0.4) is 0 Å². The Morgan fingerprint density at radius 3 is 2.15 bits per heavy atom. The van der Waals surface area contributed by atoms with Crippen molar-refractivity contribution in [3.05, 3.63) is 60.4 Å². The van der Waals surface area contributed by atoms with Crippen LogP contribution in [0.4, 0.5) is 22.7 Å². The number of aryl methyl sites for hydroxylation is 1. The van der Waals surface area contributed by atoms with Gasteiger partial charge in [-0.3, -0.25) is 39.8 Å². The highest BCUT2D eigenvalue weighted by atomic mass is 16.6. The van der Waals surface area contributed by atoms with Gasteiger partial charge in [0, 0.05) is 25.1 Å². The molecule has 1 heterocycles. The summed E-state index contributed by atoms with van der Waals surface area (Å²) in [5, 5.41) is 38.6. The van der Waals surface area contributed by atoms with Gasteiger partial charge >= 0.3 is 5.69 Å². The summed E-state index contributed by atoms with van der Waals surface area (Å²) < 4.78 is 1.19. The van der Waals surface area contributed by atoms with Gasteiger partial charge in [0.25, 0.3) is 11.4 Å². The Labute approximate surface area is 144 Å². The number of aromatic nitrogens is 2. The molecule has 0 spiro atoms. The molecule has 0 aliphatic heterocycles. The van der Waals surface area contributed by atoms with E-state index in [1.165, 1.54) is 11.6 Å². The first-order chi connectivity index (χ1) is 12.2. The molecule has 1 N–H and O–H groups in total. The first kappa shape index (κ1) is 18.4. The number of nitrogens with one attached hydrogen (secondary N) is 1. The predicted molar refractivity (Wildman–Crippen MR) is 86.6 cm³/mol. The van der Waals surface area contributed by atoms with Crippen molar-refractivity contribution in [2.45, 2.75) is 19.9 Å². The van der Waals surface area contributed by atoms with Gasteiger partial charge in [-0.1, -0.05) is 0 Å². The van der Waals surface area contributed by atoms with E-state index in [-0.39, 0.29) is 29.9 Å². The lowest BCUT2D eigenvalue weighted by molar-refractivity contribution is -0.395. The van der Waals surface area contributed by atoms with Gasteiger partial charge in [0.2, 0.25) is 5.91 Å². The van der Waals surface area contributed by atoms with E-state index in [1.54, 1.807) is 0 Å². The zero-order valence-electron chi connectivity index (χ0n) is 13.3. The maximum Gasteiger partial charge on any atom is 0.306 e. The molecular formula is C13H12N6O7. The summed E-state index contributed by atoms with van der Waals surface area (Å²) in [5.41, 5.74) is -1.42. The van der Waals surface area contributed by atoms with Crippen molar-refractivity contribution < 1.29 is 19.6 Å². The fourth-order valence-corrected chi connectivity index (χ4v) is 2.14. The van der Waals surface area contributed by atoms with Crippen LogP contribution in [0, 0.1) is 37.3 Å². The van der Waals surface area contributed by atoms with Crippen LogP contribution in [0.25, 0.3) is 0 Å². The van der Waals surface area contributed by atoms with Gasteiger partial charge in [0.1, 0.15) is 18.0 Å². The second-order valence-electron chi connectivity index (χ2n) is 5.17. The highest BCUT2D eigenvalue weighted by Crippen LogP contribution is 2.31. The van der Waals surface area contributed by atoms with Gasteiger partial charge < -0.3 is 5.32 Å². The third kappa shape index (κ3) is 4.14. The van der Waals surface area contributed by atoms with Crippen LogP contribution in [-0.4, -0.2) is 30.5 Å². The molecule has 1 aromatic carbocycles. The van der Waals surface area contributed by atoms with Gasteiger partial charge in [0.15, 0.2) is 0 Å². The standard InChI is InChI=1S/C13H12N6O7/c1-8-11(18(23)24)4-9(5-12(8)19(25)26)15-13(20)2-3-16-7-10(6-14-16)17(21)22/h4-7H,2-3H2,1H3,(H,15,20). The van der Waals surface area contributed by atoms with Crippen LogP contribution < -0.4 is 5.32 Å². The van der Waals surface area contributed by atoms with Gasteiger partial charge in [-0.2, -0.15) is 5.10 Å². The molecule has 0 fully saturated rings. The monoisotopic (exact) mass is 364 g/mol. The van der Waals surface area contributed by atoms with Crippen molar-refractivity contribution in [1.82, 2.24) is 9.78 Å². The van der Waals surface area contributed by atoms with Crippen molar-refractivity contribution in [2.75, 3.05) is 5.32 Å². The van der Waals surface area contributed by atoms with E-state index in [2.05, 4.69) is 10.4 Å². The van der Waals surface area contributed by atoms with E-state index >= 15 is 0 Å². The first-order valence-corrected chi connectivity index (χ1v) is 7.09. The molecule has 26 heavy (non-hydrogen) atoms. The first-order valence-electron chi connectivity index (χ1n) is 7.09. The van der Waals surface area contributed by atoms with Crippen LogP contribution in [0.5, 0.6) is 0 Å². The average molecular weight is 364 g/mol. The topological polar surface area (TPSA) is 176 Å². The second-order valence-corrected chi connectivity index (χ2v) is 5.17. The number of carbonyl (C=O) groups is 1. The summed E-state index contributed by atoms with van der Waals surface area (Å²) in [6.07, 6.45) is 2.04. The molecule has 0 unspecified atom stereocenters. The minimum absolute atomic E-state index is 0.0235. The van der Waals surface area contributed by atoms with Crippen LogP contribution in [-0.2, 0) is 11.3 Å². The van der Waals surface area contributed by atoms with Crippen LogP contribution in [0.2, 0.25) is 0 Å². The summed E-state index contributed by atoms with van der Waals surface area (Å²) in [6.45, 7) is 1.27. The molecule has 0 bridgehead atoms. The highest BCUT2D eigenvalue weighted by Gasteiger charge is 2.23. The van der Waals surface area contributed by atoms with Crippen LogP contribution in [0.15, 0.2) is 24.5 Å². The molecule has 0 saturated heterocycles. The normalized spacial score (nSPS) is 10.3. The molecule has 2 rings (SSSR count). The van der Waals surface area contributed by atoms with Crippen molar-refractivity contribution in [1.29, 1.82) is 0 Å². The largest absolute Gasteiger partial charge is 0.326 e. The third-order valence-corrected chi connectivity index (χ3v) is 3.43. The van der Waals surface area contributed by atoms with Gasteiger partial charge in [-0.25, -0.2) is 0 Å². The fraction of sp³-hybridized carbons (Fsp3) is 0.231. The number of anilines is 1. The molecule has 0 aliphatic rings. The third-order valence-electron chi connectivity index (χ3n) is 3.43. The Morgan fingerprint density at radius 1 is 1.12 bits per heavy atom. The number of nitro benzene ring substituents is 2. The average Bonchev–Trinajstić information content (AvgIpc) is 3.03. The summed E-state index contributed by atoms with van der Waals surface area (Å²) in [4.78, 5) is 42.3. The number of rotatable bonds is 7. The summed E-state index contributed by atoms with van der Waals surface area (Å²) in [6, 6.07) is 2.05. The molecule has 136 valence electrons. The summed E-state index contributed by atoms with van der Waals surface area (Å²) in [7, 11) is 0. The Bertz CT molecular complexity index is 871. The number of hydrogen-bond donors (Lipinski definition) is 1. The van der Waals surface area contributed by atoms with Gasteiger partial charge in [-0.05, 0) is 6.92 Å². The quantitative estimate of drug-likeness (QED) is 0.572. The Balaban J connectivity index is 2.11. The number of carbonyl (C=O) groups excluding carboxylic acids is 1. The summed E-state index contributed by atoms with van der Waals surface area (Å²) >= 11 is 0. The van der Waals surface area contributed by atoms with Crippen molar-refractivity contribution >= 4 is 28.7 Å². The van der Waals surface area contributed by atoms with E-state index in [0.717, 1.165) is 24.5 Å². The number of amides is 1. The molecule has 0 saturated carbocycles. The molecule has 13 nitrogen and oxygen atoms in total. The molecular weight excluding hydrogens is 352 g/mol. The van der Waals surface area contributed by atoms with Crippen molar-refractivity contribution in [3.8, 4) is 0 Å². The Kier molecular flexibility index (Phi) is 5.20. The molecule has 0 radical (unpaired) electrons. The predicted octanol–water partition coefficient (Wildman–Crippen LogP) is 1.94.